The highest BCUT2D eigenvalue weighted by atomic mass is 32.2. The molecule has 0 aliphatic carbocycles. The van der Waals surface area contributed by atoms with Crippen molar-refractivity contribution in [1.29, 1.82) is 0 Å². The van der Waals surface area contributed by atoms with Crippen LogP contribution in [0.3, 0.4) is 0 Å². The van der Waals surface area contributed by atoms with Gasteiger partial charge in [-0.2, -0.15) is 4.98 Å². The number of sulfonamides is 1. The Bertz CT molecular complexity index is 1290. The SMILES string of the molecule is COc1ccc(S(=O)(=O)NCCc2csc3nc(-c4ccc(C)cc4)nn23)cc1C. The van der Waals surface area contributed by atoms with Crippen molar-refractivity contribution in [3.8, 4) is 17.1 Å². The number of hydrogen-bond acceptors (Lipinski definition) is 6. The molecule has 9 heteroatoms. The number of fused-ring (bicyclic) bond motifs is 1. The van der Waals surface area contributed by atoms with Gasteiger partial charge in [0, 0.05) is 23.9 Å². The summed E-state index contributed by atoms with van der Waals surface area (Å²) in [4.78, 5) is 5.59. The van der Waals surface area contributed by atoms with Gasteiger partial charge in [-0.25, -0.2) is 17.7 Å². The fourth-order valence-electron chi connectivity index (χ4n) is 3.14. The molecule has 0 amide bonds. The number of rotatable bonds is 7. The van der Waals surface area contributed by atoms with Crippen molar-refractivity contribution >= 4 is 26.3 Å². The predicted molar refractivity (Wildman–Crippen MR) is 118 cm³/mol. The van der Waals surface area contributed by atoms with Crippen LogP contribution in [0.25, 0.3) is 16.3 Å². The molecule has 0 saturated carbocycles. The van der Waals surface area contributed by atoms with Gasteiger partial charge in [0.25, 0.3) is 0 Å². The molecule has 0 saturated heterocycles. The van der Waals surface area contributed by atoms with Gasteiger partial charge in [-0.1, -0.05) is 29.8 Å². The first-order valence-corrected chi connectivity index (χ1v) is 11.8. The lowest BCUT2D eigenvalue weighted by Crippen LogP contribution is -2.26. The van der Waals surface area contributed by atoms with Crippen molar-refractivity contribution in [2.45, 2.75) is 25.2 Å². The van der Waals surface area contributed by atoms with Gasteiger partial charge >= 0.3 is 0 Å². The maximum Gasteiger partial charge on any atom is 0.240 e. The summed E-state index contributed by atoms with van der Waals surface area (Å²) in [5.41, 5.74) is 3.82. The van der Waals surface area contributed by atoms with E-state index in [1.54, 1.807) is 29.8 Å². The van der Waals surface area contributed by atoms with Crippen LogP contribution < -0.4 is 9.46 Å². The minimum Gasteiger partial charge on any atom is -0.496 e. The van der Waals surface area contributed by atoms with E-state index in [9.17, 15) is 8.42 Å². The van der Waals surface area contributed by atoms with Crippen LogP contribution in [0.4, 0.5) is 0 Å². The minimum absolute atomic E-state index is 0.221. The fourth-order valence-corrected chi connectivity index (χ4v) is 5.11. The van der Waals surface area contributed by atoms with Gasteiger partial charge in [0.2, 0.25) is 15.0 Å². The number of ether oxygens (including phenoxy) is 1. The first-order chi connectivity index (χ1) is 14.4. The van der Waals surface area contributed by atoms with Crippen LogP contribution >= 0.6 is 11.3 Å². The van der Waals surface area contributed by atoms with Gasteiger partial charge in [0.1, 0.15) is 5.75 Å². The van der Waals surface area contributed by atoms with Crippen LogP contribution in [0.2, 0.25) is 0 Å². The van der Waals surface area contributed by atoms with Gasteiger partial charge in [0.05, 0.1) is 17.7 Å². The summed E-state index contributed by atoms with van der Waals surface area (Å²) >= 11 is 1.49. The summed E-state index contributed by atoms with van der Waals surface area (Å²) in [6.45, 7) is 4.12. The van der Waals surface area contributed by atoms with Crippen molar-refractivity contribution in [2.75, 3.05) is 13.7 Å². The summed E-state index contributed by atoms with van der Waals surface area (Å²) in [5, 5.41) is 6.56. The van der Waals surface area contributed by atoms with Crippen LogP contribution in [0.1, 0.15) is 16.8 Å². The van der Waals surface area contributed by atoms with E-state index in [0.29, 0.717) is 18.0 Å². The number of methoxy groups -OCH3 is 1. The fraction of sp³-hybridized carbons (Fsp3) is 0.238. The predicted octanol–water partition coefficient (Wildman–Crippen LogP) is 3.60. The molecule has 0 bridgehead atoms. The molecule has 0 atom stereocenters. The van der Waals surface area contributed by atoms with Crippen LogP contribution in [0.15, 0.2) is 52.7 Å². The van der Waals surface area contributed by atoms with Gasteiger partial charge in [-0.3, -0.25) is 0 Å². The Morgan fingerprint density at radius 1 is 1.13 bits per heavy atom. The highest BCUT2D eigenvalue weighted by Crippen LogP contribution is 2.23. The van der Waals surface area contributed by atoms with Crippen molar-refractivity contribution in [3.63, 3.8) is 0 Å². The van der Waals surface area contributed by atoms with Gasteiger partial charge < -0.3 is 4.74 Å². The molecule has 0 aliphatic heterocycles. The summed E-state index contributed by atoms with van der Waals surface area (Å²) < 4.78 is 34.9. The molecule has 0 radical (unpaired) electrons. The third kappa shape index (κ3) is 4.09. The van der Waals surface area contributed by atoms with Crippen LogP contribution in [0, 0.1) is 13.8 Å². The second-order valence-corrected chi connectivity index (χ2v) is 9.61. The molecule has 0 fully saturated rings. The zero-order valence-corrected chi connectivity index (χ0v) is 18.5. The number of thiazole rings is 1. The number of aryl methyl sites for hydroxylation is 2. The Kier molecular flexibility index (Phi) is 5.59. The highest BCUT2D eigenvalue weighted by Gasteiger charge is 2.16. The number of hydrogen-bond donors (Lipinski definition) is 1. The van der Waals surface area contributed by atoms with Crippen LogP contribution in [-0.2, 0) is 16.4 Å². The van der Waals surface area contributed by atoms with E-state index >= 15 is 0 Å². The van der Waals surface area contributed by atoms with Crippen LogP contribution in [-0.4, -0.2) is 36.7 Å². The van der Waals surface area contributed by atoms with E-state index in [1.807, 2.05) is 43.5 Å². The lowest BCUT2D eigenvalue weighted by molar-refractivity contribution is 0.411. The standard InChI is InChI=1S/C21H22N4O3S2/c1-14-4-6-16(7-5-14)20-23-21-25(24-20)17(13-29-21)10-11-22-30(26,27)18-8-9-19(28-3)15(2)12-18/h4-9,12-13,22H,10-11H2,1-3H3. The lowest BCUT2D eigenvalue weighted by Gasteiger charge is -2.09. The molecule has 0 spiro atoms. The third-order valence-electron chi connectivity index (χ3n) is 4.81. The molecule has 2 aromatic heterocycles. The molecular weight excluding hydrogens is 420 g/mol. The zero-order valence-electron chi connectivity index (χ0n) is 16.9. The monoisotopic (exact) mass is 442 g/mol. The van der Waals surface area contributed by atoms with Crippen molar-refractivity contribution in [1.82, 2.24) is 19.3 Å². The maximum atomic E-state index is 12.6. The topological polar surface area (TPSA) is 85.6 Å². The Morgan fingerprint density at radius 3 is 2.60 bits per heavy atom. The van der Waals surface area contributed by atoms with Gasteiger partial charge in [-0.15, -0.1) is 16.4 Å². The normalized spacial score (nSPS) is 11.8. The molecule has 2 heterocycles. The zero-order chi connectivity index (χ0) is 21.3. The molecule has 4 rings (SSSR count). The average molecular weight is 443 g/mol. The quantitative estimate of drug-likeness (QED) is 0.473. The highest BCUT2D eigenvalue weighted by molar-refractivity contribution is 7.89. The Hall–Kier alpha value is -2.75. The molecule has 30 heavy (non-hydrogen) atoms. The van der Waals surface area contributed by atoms with Crippen molar-refractivity contribution < 1.29 is 13.2 Å². The van der Waals surface area contributed by atoms with E-state index in [2.05, 4.69) is 14.8 Å². The van der Waals surface area contributed by atoms with Crippen LogP contribution in [0.5, 0.6) is 5.75 Å². The maximum absolute atomic E-state index is 12.6. The summed E-state index contributed by atoms with van der Waals surface area (Å²) in [6, 6.07) is 12.9. The Labute approximate surface area is 179 Å². The second-order valence-electron chi connectivity index (χ2n) is 7.00. The molecule has 0 unspecified atom stereocenters. The first kappa shape index (κ1) is 20.5. The number of benzene rings is 2. The van der Waals surface area contributed by atoms with Gasteiger partial charge in [0.15, 0.2) is 5.82 Å². The lowest BCUT2D eigenvalue weighted by atomic mass is 10.1. The first-order valence-electron chi connectivity index (χ1n) is 9.42. The number of nitrogens with zero attached hydrogens (tertiary/aromatic N) is 3. The number of aromatic nitrogens is 3. The largest absolute Gasteiger partial charge is 0.496 e. The third-order valence-corrected chi connectivity index (χ3v) is 7.13. The summed E-state index contributed by atoms with van der Waals surface area (Å²) in [7, 11) is -2.04. The Balaban J connectivity index is 1.47. The minimum atomic E-state index is -3.60. The van der Waals surface area contributed by atoms with E-state index in [0.717, 1.165) is 21.8 Å². The molecule has 1 N–H and O–H groups in total. The summed E-state index contributed by atoms with van der Waals surface area (Å²) in [5.74, 6) is 1.32. The van der Waals surface area contributed by atoms with Crippen molar-refractivity contribution in [3.05, 3.63) is 64.7 Å². The van der Waals surface area contributed by atoms with Gasteiger partial charge in [-0.05, 0) is 37.6 Å². The molecule has 156 valence electrons. The average Bonchev–Trinajstić information content (AvgIpc) is 3.30. The van der Waals surface area contributed by atoms with E-state index in [-0.39, 0.29) is 11.4 Å². The number of nitrogens with one attached hydrogen (secondary N) is 1. The van der Waals surface area contributed by atoms with Crippen molar-refractivity contribution in [2.24, 2.45) is 0 Å². The molecule has 0 aliphatic rings. The second kappa shape index (κ2) is 8.17. The smallest absolute Gasteiger partial charge is 0.240 e. The van der Waals surface area contributed by atoms with E-state index in [4.69, 9.17) is 4.74 Å². The summed E-state index contributed by atoms with van der Waals surface area (Å²) in [6.07, 6.45) is 0.505. The molecule has 7 nitrogen and oxygen atoms in total. The van der Waals surface area contributed by atoms with E-state index < -0.39 is 10.0 Å². The Morgan fingerprint density at radius 2 is 1.90 bits per heavy atom. The van der Waals surface area contributed by atoms with E-state index in [1.165, 1.54) is 16.9 Å². The molecular formula is C21H22N4O3S2. The molecule has 2 aromatic carbocycles. The molecule has 4 aromatic rings.